The van der Waals surface area contributed by atoms with Crippen LogP contribution in [0.25, 0.3) is 0 Å². The van der Waals surface area contributed by atoms with Crippen LogP contribution in [0.15, 0.2) is 48.5 Å². The average molecular weight is 355 g/mol. The van der Waals surface area contributed by atoms with Crippen LogP contribution in [0.2, 0.25) is 0 Å². The number of carbonyl (C=O) groups excluding carboxylic acids is 2. The minimum atomic E-state index is -1.07. The van der Waals surface area contributed by atoms with Crippen molar-refractivity contribution in [2.45, 2.75) is 39.3 Å². The van der Waals surface area contributed by atoms with Crippen molar-refractivity contribution >= 4 is 11.9 Å². The molecule has 2 aromatic rings. The minimum Gasteiger partial charge on any atom is -0.489 e. The second-order valence-corrected chi connectivity index (χ2v) is 6.44. The van der Waals surface area contributed by atoms with Gasteiger partial charge >= 0.3 is 5.97 Å². The number of aryl methyl sites for hydroxylation is 1. The first-order valence-electron chi connectivity index (χ1n) is 8.57. The third-order valence-electron chi connectivity index (χ3n) is 4.32. The third kappa shape index (κ3) is 4.85. The summed E-state index contributed by atoms with van der Waals surface area (Å²) >= 11 is 0. The maximum Gasteiger partial charge on any atom is 0.331 e. The van der Waals surface area contributed by atoms with Crippen molar-refractivity contribution in [2.24, 2.45) is 0 Å². The fourth-order valence-electron chi connectivity index (χ4n) is 2.53. The SMILES string of the molecule is CCC(C)(NC(=O)c1cccc(OCc2cccc(C)c2)c1)C(=O)OC. The molecule has 0 heterocycles. The fraction of sp³-hybridized carbons (Fsp3) is 0.333. The Morgan fingerprint density at radius 1 is 1.12 bits per heavy atom. The largest absolute Gasteiger partial charge is 0.489 e. The summed E-state index contributed by atoms with van der Waals surface area (Å²) in [6.07, 6.45) is 0.426. The Morgan fingerprint density at radius 2 is 1.85 bits per heavy atom. The summed E-state index contributed by atoms with van der Waals surface area (Å²) in [5, 5.41) is 2.75. The zero-order valence-electron chi connectivity index (χ0n) is 15.7. The van der Waals surface area contributed by atoms with Gasteiger partial charge in [0.15, 0.2) is 0 Å². The first-order valence-corrected chi connectivity index (χ1v) is 8.57. The first kappa shape index (κ1) is 19.5. The third-order valence-corrected chi connectivity index (χ3v) is 4.32. The Kier molecular flexibility index (Phi) is 6.39. The van der Waals surface area contributed by atoms with E-state index in [0.717, 1.165) is 5.56 Å². The standard InChI is InChI=1S/C21H25NO4/c1-5-21(3,20(24)25-4)22-19(23)17-10-7-11-18(13-17)26-14-16-9-6-8-15(2)12-16/h6-13H,5,14H2,1-4H3,(H,22,23). The maximum absolute atomic E-state index is 12.5. The Morgan fingerprint density at radius 3 is 2.50 bits per heavy atom. The van der Waals surface area contributed by atoms with E-state index in [1.165, 1.54) is 12.7 Å². The van der Waals surface area contributed by atoms with Crippen LogP contribution in [0.3, 0.4) is 0 Å². The summed E-state index contributed by atoms with van der Waals surface area (Å²) < 4.78 is 10.6. The molecular formula is C21H25NO4. The number of ether oxygens (including phenoxy) is 2. The molecule has 0 aliphatic heterocycles. The highest BCUT2D eigenvalue weighted by atomic mass is 16.5. The number of hydrogen-bond acceptors (Lipinski definition) is 4. The van der Waals surface area contributed by atoms with Gasteiger partial charge in [0.1, 0.15) is 17.9 Å². The van der Waals surface area contributed by atoms with E-state index in [9.17, 15) is 9.59 Å². The number of amides is 1. The maximum atomic E-state index is 12.5. The van der Waals surface area contributed by atoms with Crippen LogP contribution in [-0.4, -0.2) is 24.5 Å². The molecule has 0 aromatic heterocycles. The van der Waals surface area contributed by atoms with Crippen LogP contribution >= 0.6 is 0 Å². The van der Waals surface area contributed by atoms with Gasteiger partial charge in [-0.3, -0.25) is 4.79 Å². The van der Waals surface area contributed by atoms with Crippen molar-refractivity contribution in [2.75, 3.05) is 7.11 Å². The molecule has 1 amide bonds. The van der Waals surface area contributed by atoms with Crippen molar-refractivity contribution in [3.63, 3.8) is 0 Å². The van der Waals surface area contributed by atoms with Crippen molar-refractivity contribution in [1.82, 2.24) is 5.32 Å². The molecule has 0 radical (unpaired) electrons. The molecule has 1 atom stereocenters. The zero-order valence-corrected chi connectivity index (χ0v) is 15.7. The second kappa shape index (κ2) is 8.52. The van der Waals surface area contributed by atoms with Gasteiger partial charge in [-0.1, -0.05) is 42.8 Å². The number of hydrogen-bond donors (Lipinski definition) is 1. The summed E-state index contributed by atoms with van der Waals surface area (Å²) in [5.74, 6) is -0.226. The summed E-state index contributed by atoms with van der Waals surface area (Å²) in [5.41, 5.74) is 1.59. The second-order valence-electron chi connectivity index (χ2n) is 6.44. The Bertz CT molecular complexity index is 787. The molecule has 2 rings (SSSR count). The summed E-state index contributed by atoms with van der Waals surface area (Å²) in [6.45, 7) is 5.91. The molecule has 0 spiro atoms. The number of carbonyl (C=O) groups is 2. The quantitative estimate of drug-likeness (QED) is 0.770. The molecule has 0 fully saturated rings. The molecule has 0 aliphatic rings. The minimum absolute atomic E-state index is 0.347. The van der Waals surface area contributed by atoms with Crippen molar-refractivity contribution in [1.29, 1.82) is 0 Å². The lowest BCUT2D eigenvalue weighted by molar-refractivity contribution is -0.147. The highest BCUT2D eigenvalue weighted by molar-refractivity contribution is 5.98. The van der Waals surface area contributed by atoms with E-state index in [1.54, 1.807) is 31.2 Å². The van der Waals surface area contributed by atoms with Crippen LogP contribution in [0, 0.1) is 6.92 Å². The van der Waals surface area contributed by atoms with Crippen molar-refractivity contribution in [3.05, 3.63) is 65.2 Å². The van der Waals surface area contributed by atoms with Gasteiger partial charge in [0, 0.05) is 5.56 Å². The summed E-state index contributed by atoms with van der Waals surface area (Å²) in [4.78, 5) is 24.5. The summed E-state index contributed by atoms with van der Waals surface area (Å²) in [6, 6.07) is 15.0. The van der Waals surface area contributed by atoms with Gasteiger partial charge in [0.05, 0.1) is 7.11 Å². The molecular weight excluding hydrogens is 330 g/mol. The smallest absolute Gasteiger partial charge is 0.331 e. The molecule has 1 unspecified atom stereocenters. The Balaban J connectivity index is 2.08. The lowest BCUT2D eigenvalue weighted by Crippen LogP contribution is -2.52. The van der Waals surface area contributed by atoms with Gasteiger partial charge in [-0.15, -0.1) is 0 Å². The molecule has 1 N–H and O–H groups in total. The van der Waals surface area contributed by atoms with Crippen LogP contribution in [-0.2, 0) is 16.1 Å². The predicted octanol–water partition coefficient (Wildman–Crippen LogP) is 3.65. The molecule has 0 aliphatic carbocycles. The monoisotopic (exact) mass is 355 g/mol. The molecule has 0 saturated carbocycles. The summed E-state index contributed by atoms with van der Waals surface area (Å²) in [7, 11) is 1.31. The van der Waals surface area contributed by atoms with E-state index in [0.29, 0.717) is 24.3 Å². The lowest BCUT2D eigenvalue weighted by Gasteiger charge is -2.26. The Labute approximate surface area is 154 Å². The van der Waals surface area contributed by atoms with E-state index < -0.39 is 11.5 Å². The number of nitrogens with one attached hydrogen (secondary N) is 1. The molecule has 26 heavy (non-hydrogen) atoms. The van der Waals surface area contributed by atoms with Crippen LogP contribution in [0.5, 0.6) is 5.75 Å². The zero-order chi connectivity index (χ0) is 19.2. The first-order chi connectivity index (χ1) is 12.4. The Hall–Kier alpha value is -2.82. The van der Waals surface area contributed by atoms with Gasteiger partial charge in [0.25, 0.3) is 5.91 Å². The van der Waals surface area contributed by atoms with Crippen LogP contribution in [0.4, 0.5) is 0 Å². The molecule has 0 saturated heterocycles. The van der Waals surface area contributed by atoms with Gasteiger partial charge in [-0.25, -0.2) is 4.79 Å². The van der Waals surface area contributed by atoms with E-state index in [1.807, 2.05) is 32.0 Å². The molecule has 2 aromatic carbocycles. The topological polar surface area (TPSA) is 64.6 Å². The van der Waals surface area contributed by atoms with Gasteiger partial charge in [-0.2, -0.15) is 0 Å². The van der Waals surface area contributed by atoms with Gasteiger partial charge in [0.2, 0.25) is 0 Å². The fourth-order valence-corrected chi connectivity index (χ4v) is 2.53. The van der Waals surface area contributed by atoms with E-state index in [-0.39, 0.29) is 5.91 Å². The lowest BCUT2D eigenvalue weighted by atomic mass is 9.98. The van der Waals surface area contributed by atoms with E-state index >= 15 is 0 Å². The number of methoxy groups -OCH3 is 1. The number of esters is 1. The van der Waals surface area contributed by atoms with E-state index in [2.05, 4.69) is 11.4 Å². The van der Waals surface area contributed by atoms with Gasteiger partial charge in [-0.05, 0) is 44.0 Å². The van der Waals surface area contributed by atoms with E-state index in [4.69, 9.17) is 9.47 Å². The van der Waals surface area contributed by atoms with Crippen molar-refractivity contribution in [3.8, 4) is 5.75 Å². The number of rotatable bonds is 7. The highest BCUT2D eigenvalue weighted by Crippen LogP contribution is 2.18. The molecule has 5 nitrogen and oxygen atoms in total. The molecule has 138 valence electrons. The van der Waals surface area contributed by atoms with Crippen LogP contribution in [0.1, 0.15) is 41.8 Å². The van der Waals surface area contributed by atoms with Crippen LogP contribution < -0.4 is 10.1 Å². The van der Waals surface area contributed by atoms with Gasteiger partial charge < -0.3 is 14.8 Å². The normalized spacial score (nSPS) is 12.8. The molecule has 0 bridgehead atoms. The van der Waals surface area contributed by atoms with Crippen molar-refractivity contribution < 1.29 is 19.1 Å². The average Bonchev–Trinajstić information content (AvgIpc) is 2.65. The predicted molar refractivity (Wildman–Crippen MR) is 100 cm³/mol. The number of benzene rings is 2. The highest BCUT2D eigenvalue weighted by Gasteiger charge is 2.34. The molecule has 5 heteroatoms.